The third kappa shape index (κ3) is 6.68. The highest BCUT2D eigenvalue weighted by Gasteiger charge is 2.25. The summed E-state index contributed by atoms with van der Waals surface area (Å²) in [4.78, 5) is 26.8. The molecule has 0 bridgehead atoms. The molecule has 0 aromatic heterocycles. The summed E-state index contributed by atoms with van der Waals surface area (Å²) in [6, 6.07) is 10.6. The average molecular weight is 476 g/mol. The zero-order chi connectivity index (χ0) is 23.8. The molecule has 0 unspecified atom stereocenters. The van der Waals surface area contributed by atoms with E-state index in [1.165, 1.54) is 21.3 Å². The normalized spacial score (nSPS) is 13.9. The van der Waals surface area contributed by atoms with Crippen molar-refractivity contribution in [2.24, 2.45) is 5.92 Å². The summed E-state index contributed by atoms with van der Waals surface area (Å²) < 4.78 is 16.0. The third-order valence-electron chi connectivity index (χ3n) is 5.67. The fraction of sp³-hybridized carbons (Fsp3) is 0.417. The Labute approximate surface area is 199 Å². The Morgan fingerprint density at radius 2 is 1.70 bits per heavy atom. The van der Waals surface area contributed by atoms with Crippen LogP contribution < -0.4 is 24.8 Å². The summed E-state index contributed by atoms with van der Waals surface area (Å²) in [5, 5.41) is 6.49. The summed E-state index contributed by atoms with van der Waals surface area (Å²) in [5.41, 5.74) is 1.52. The molecule has 33 heavy (non-hydrogen) atoms. The van der Waals surface area contributed by atoms with Gasteiger partial charge < -0.3 is 29.7 Å². The van der Waals surface area contributed by atoms with Gasteiger partial charge in [-0.1, -0.05) is 23.7 Å². The number of likely N-dealkylation sites (tertiary alicyclic amines) is 1. The predicted molar refractivity (Wildman–Crippen MR) is 127 cm³/mol. The molecule has 1 heterocycles. The molecular weight excluding hydrogens is 446 g/mol. The molecule has 0 radical (unpaired) electrons. The molecule has 2 aromatic carbocycles. The lowest BCUT2D eigenvalue weighted by Crippen LogP contribution is -2.41. The monoisotopic (exact) mass is 475 g/mol. The first-order valence-electron chi connectivity index (χ1n) is 10.8. The van der Waals surface area contributed by atoms with E-state index in [4.69, 9.17) is 25.8 Å². The molecular formula is C24H30ClN3O5. The molecule has 1 fully saturated rings. The number of piperidine rings is 1. The van der Waals surface area contributed by atoms with Crippen molar-refractivity contribution in [2.45, 2.75) is 25.8 Å². The molecule has 1 aliphatic heterocycles. The number of carbonyl (C=O) groups excluding carboxylic acids is 2. The zero-order valence-electron chi connectivity index (χ0n) is 19.2. The van der Waals surface area contributed by atoms with Crippen LogP contribution in [0, 0.1) is 5.92 Å². The van der Waals surface area contributed by atoms with E-state index in [1.807, 2.05) is 18.2 Å². The van der Waals surface area contributed by atoms with Crippen LogP contribution in [0.2, 0.25) is 5.02 Å². The minimum absolute atomic E-state index is 0.00954. The quantitative estimate of drug-likeness (QED) is 0.593. The number of nitrogens with one attached hydrogen (secondary N) is 2. The molecule has 2 aromatic rings. The lowest BCUT2D eigenvalue weighted by molar-refractivity contribution is -0.122. The van der Waals surface area contributed by atoms with Gasteiger partial charge in [0.2, 0.25) is 11.7 Å². The fourth-order valence-corrected chi connectivity index (χ4v) is 4.09. The van der Waals surface area contributed by atoms with Crippen LogP contribution in [0.25, 0.3) is 0 Å². The van der Waals surface area contributed by atoms with Crippen LogP contribution in [-0.2, 0) is 11.3 Å². The summed E-state index contributed by atoms with van der Waals surface area (Å²) in [5.74, 6) is 1.65. The van der Waals surface area contributed by atoms with Crippen molar-refractivity contribution >= 4 is 29.2 Å². The first kappa shape index (κ1) is 24.5. The number of anilines is 1. The molecule has 1 saturated heterocycles. The summed E-state index contributed by atoms with van der Waals surface area (Å²) >= 11 is 5.98. The van der Waals surface area contributed by atoms with Crippen LogP contribution in [0.15, 0.2) is 36.4 Å². The molecule has 0 aliphatic carbocycles. The molecule has 1 aliphatic rings. The van der Waals surface area contributed by atoms with Crippen LogP contribution in [0.5, 0.6) is 17.2 Å². The van der Waals surface area contributed by atoms with Crippen LogP contribution in [0.3, 0.4) is 0 Å². The first-order chi connectivity index (χ1) is 15.9. The maximum absolute atomic E-state index is 12.7. The van der Waals surface area contributed by atoms with E-state index in [0.717, 1.165) is 18.4 Å². The SMILES string of the molecule is COc1cc(NC(=O)N2CCC(CC(=O)NCc3cccc(Cl)c3)CC2)cc(OC)c1OC. The van der Waals surface area contributed by atoms with Gasteiger partial charge in [0.25, 0.3) is 0 Å². The van der Waals surface area contributed by atoms with Crippen molar-refractivity contribution in [2.75, 3.05) is 39.7 Å². The second-order valence-electron chi connectivity index (χ2n) is 7.89. The van der Waals surface area contributed by atoms with Gasteiger partial charge in [0.1, 0.15) is 0 Å². The largest absolute Gasteiger partial charge is 0.493 e. The van der Waals surface area contributed by atoms with Gasteiger partial charge >= 0.3 is 6.03 Å². The van der Waals surface area contributed by atoms with E-state index >= 15 is 0 Å². The molecule has 8 nitrogen and oxygen atoms in total. The maximum atomic E-state index is 12.7. The zero-order valence-corrected chi connectivity index (χ0v) is 19.9. The van der Waals surface area contributed by atoms with Crippen LogP contribution in [0.4, 0.5) is 10.5 Å². The van der Waals surface area contributed by atoms with Crippen molar-refractivity contribution in [1.29, 1.82) is 0 Å². The van der Waals surface area contributed by atoms with Crippen LogP contribution in [0.1, 0.15) is 24.8 Å². The number of halogens is 1. The molecule has 0 spiro atoms. The van der Waals surface area contributed by atoms with E-state index in [1.54, 1.807) is 23.1 Å². The van der Waals surface area contributed by atoms with Crippen LogP contribution in [-0.4, -0.2) is 51.3 Å². The van der Waals surface area contributed by atoms with Gasteiger partial charge in [0.05, 0.1) is 27.0 Å². The van der Waals surface area contributed by atoms with Crippen molar-refractivity contribution in [3.05, 3.63) is 47.0 Å². The van der Waals surface area contributed by atoms with Crippen molar-refractivity contribution < 1.29 is 23.8 Å². The Morgan fingerprint density at radius 1 is 1.03 bits per heavy atom. The van der Waals surface area contributed by atoms with Gasteiger partial charge in [-0.25, -0.2) is 4.79 Å². The van der Waals surface area contributed by atoms with Gasteiger partial charge in [-0.3, -0.25) is 4.79 Å². The lowest BCUT2D eigenvalue weighted by atomic mass is 9.93. The Kier molecular flexibility index (Phi) is 8.65. The predicted octanol–water partition coefficient (Wildman–Crippen LogP) is 4.32. The number of methoxy groups -OCH3 is 3. The number of hydrogen-bond donors (Lipinski definition) is 2. The Morgan fingerprint density at radius 3 is 2.27 bits per heavy atom. The van der Waals surface area contributed by atoms with Gasteiger partial charge in [-0.05, 0) is 36.5 Å². The number of rotatable bonds is 8. The second-order valence-corrected chi connectivity index (χ2v) is 8.32. The minimum Gasteiger partial charge on any atom is -0.493 e. The minimum atomic E-state index is -0.201. The highest BCUT2D eigenvalue weighted by molar-refractivity contribution is 6.30. The smallest absolute Gasteiger partial charge is 0.321 e. The Bertz CT molecular complexity index is 951. The van der Waals surface area contributed by atoms with E-state index < -0.39 is 0 Å². The Balaban J connectivity index is 1.47. The molecule has 0 saturated carbocycles. The second kappa shape index (κ2) is 11.7. The van der Waals surface area contributed by atoms with Crippen molar-refractivity contribution in [3.8, 4) is 17.2 Å². The highest BCUT2D eigenvalue weighted by atomic mass is 35.5. The van der Waals surface area contributed by atoms with Crippen LogP contribution >= 0.6 is 11.6 Å². The molecule has 3 amide bonds. The van der Waals surface area contributed by atoms with E-state index in [2.05, 4.69) is 10.6 Å². The molecule has 178 valence electrons. The molecule has 2 N–H and O–H groups in total. The topological polar surface area (TPSA) is 89.1 Å². The number of benzene rings is 2. The molecule has 0 atom stereocenters. The van der Waals surface area contributed by atoms with E-state index in [-0.39, 0.29) is 17.9 Å². The van der Waals surface area contributed by atoms with Gasteiger partial charge in [-0.2, -0.15) is 0 Å². The number of nitrogens with zero attached hydrogens (tertiary/aromatic N) is 1. The average Bonchev–Trinajstić information content (AvgIpc) is 2.82. The van der Waals surface area contributed by atoms with Gasteiger partial charge in [0.15, 0.2) is 11.5 Å². The summed E-state index contributed by atoms with van der Waals surface area (Å²) in [6.45, 7) is 1.63. The lowest BCUT2D eigenvalue weighted by Gasteiger charge is -2.31. The summed E-state index contributed by atoms with van der Waals surface area (Å²) in [6.07, 6.45) is 1.99. The van der Waals surface area contributed by atoms with Crippen molar-refractivity contribution in [1.82, 2.24) is 10.2 Å². The number of amides is 3. The van der Waals surface area contributed by atoms with Gasteiger partial charge in [-0.15, -0.1) is 0 Å². The fourth-order valence-electron chi connectivity index (χ4n) is 3.88. The highest BCUT2D eigenvalue weighted by Crippen LogP contribution is 2.40. The Hall–Kier alpha value is -3.13. The molecule has 3 rings (SSSR count). The number of urea groups is 1. The number of hydrogen-bond acceptors (Lipinski definition) is 5. The number of carbonyl (C=O) groups is 2. The van der Waals surface area contributed by atoms with Gasteiger partial charge in [0, 0.05) is 43.2 Å². The third-order valence-corrected chi connectivity index (χ3v) is 5.91. The number of ether oxygens (including phenoxy) is 3. The molecule has 9 heteroatoms. The summed E-state index contributed by atoms with van der Waals surface area (Å²) in [7, 11) is 4.58. The van der Waals surface area contributed by atoms with Crippen molar-refractivity contribution in [3.63, 3.8) is 0 Å². The first-order valence-corrected chi connectivity index (χ1v) is 11.2. The maximum Gasteiger partial charge on any atom is 0.321 e. The van der Waals surface area contributed by atoms with E-state index in [0.29, 0.717) is 54.0 Å². The van der Waals surface area contributed by atoms with E-state index in [9.17, 15) is 9.59 Å². The standard InChI is InChI=1S/C24H30ClN3O5/c1-31-20-13-19(14-21(32-2)23(20)33-3)27-24(30)28-9-7-16(8-10-28)12-22(29)26-15-17-5-4-6-18(25)11-17/h4-6,11,13-14,16H,7-10,12,15H2,1-3H3,(H,26,29)(H,27,30).